The normalized spacial score (nSPS) is 16.4. The number of piperazine rings is 1. The molecule has 2 aromatic heterocycles. The Kier molecular flexibility index (Phi) is 6.89. The average Bonchev–Trinajstić information content (AvgIpc) is 3.54. The molecule has 188 valence electrons. The van der Waals surface area contributed by atoms with Crippen molar-refractivity contribution in [2.45, 2.75) is 17.5 Å². The molecule has 3 heterocycles. The first-order valence-electron chi connectivity index (χ1n) is 11.3. The molecule has 0 aliphatic carbocycles. The Morgan fingerprint density at radius 2 is 1.97 bits per heavy atom. The molecular weight excluding hydrogens is 522 g/mol. The monoisotopic (exact) mass is 545 g/mol. The molecule has 36 heavy (non-hydrogen) atoms. The molecule has 0 unspecified atom stereocenters. The number of halogens is 1. The Morgan fingerprint density at radius 1 is 1.17 bits per heavy atom. The lowest BCUT2D eigenvalue weighted by molar-refractivity contribution is -0.135. The summed E-state index contributed by atoms with van der Waals surface area (Å²) in [5.74, 6) is -0.0965. The van der Waals surface area contributed by atoms with E-state index in [1.807, 2.05) is 33.9 Å². The van der Waals surface area contributed by atoms with E-state index in [9.17, 15) is 18.3 Å². The lowest BCUT2D eigenvalue weighted by atomic mass is 10.1. The van der Waals surface area contributed by atoms with Crippen molar-refractivity contribution in [2.24, 2.45) is 0 Å². The average molecular weight is 546 g/mol. The number of carbonyl (C=O) groups excluding carboxylic acids is 1. The van der Waals surface area contributed by atoms with Crippen LogP contribution in [0.2, 0.25) is 5.02 Å². The second kappa shape index (κ2) is 10.1. The van der Waals surface area contributed by atoms with Gasteiger partial charge in [0, 0.05) is 48.5 Å². The number of para-hydroxylation sites is 1. The molecular formula is C24H24ClN5O4S2. The molecule has 5 rings (SSSR count). The molecule has 2 N–H and O–H groups in total. The van der Waals surface area contributed by atoms with Crippen molar-refractivity contribution in [3.05, 3.63) is 71.3 Å². The highest BCUT2D eigenvalue weighted by atomic mass is 35.5. The van der Waals surface area contributed by atoms with E-state index in [1.54, 1.807) is 28.5 Å². The lowest BCUT2D eigenvalue weighted by Crippen LogP contribution is -2.57. The van der Waals surface area contributed by atoms with Gasteiger partial charge >= 0.3 is 0 Å². The van der Waals surface area contributed by atoms with Crippen LogP contribution in [0.5, 0.6) is 0 Å². The number of hydrogen-bond acceptors (Lipinski definition) is 7. The third-order valence-corrected chi connectivity index (χ3v) is 8.70. The summed E-state index contributed by atoms with van der Waals surface area (Å²) in [7, 11) is -3.74. The molecule has 1 amide bonds. The number of hydrogen-bond donors (Lipinski definition) is 2. The van der Waals surface area contributed by atoms with Crippen molar-refractivity contribution in [3.63, 3.8) is 0 Å². The first-order valence-corrected chi connectivity index (χ1v) is 14.0. The molecule has 1 aliphatic rings. The van der Waals surface area contributed by atoms with Crippen molar-refractivity contribution in [3.8, 4) is 0 Å². The number of amides is 1. The largest absolute Gasteiger partial charge is 0.394 e. The summed E-state index contributed by atoms with van der Waals surface area (Å²) in [4.78, 5) is 21.0. The number of nitrogens with one attached hydrogen (secondary N) is 1. The molecule has 1 fully saturated rings. The smallest absolute Gasteiger partial charge is 0.263 e. The van der Waals surface area contributed by atoms with Crippen LogP contribution in [0.4, 0.5) is 10.8 Å². The zero-order valence-electron chi connectivity index (χ0n) is 19.1. The molecule has 1 aliphatic heterocycles. The quantitative estimate of drug-likeness (QED) is 0.369. The number of carbonyl (C=O) groups is 1. The van der Waals surface area contributed by atoms with Gasteiger partial charge in [0.15, 0.2) is 5.13 Å². The number of nitrogens with zero attached hydrogens (tertiary/aromatic N) is 4. The van der Waals surface area contributed by atoms with Gasteiger partial charge in [-0.2, -0.15) is 0 Å². The highest BCUT2D eigenvalue weighted by Gasteiger charge is 2.30. The fourth-order valence-corrected chi connectivity index (χ4v) is 6.52. The molecule has 12 heteroatoms. The van der Waals surface area contributed by atoms with Gasteiger partial charge < -0.3 is 19.5 Å². The van der Waals surface area contributed by atoms with Crippen molar-refractivity contribution < 1.29 is 18.3 Å². The number of rotatable bonds is 7. The molecule has 1 saturated heterocycles. The minimum atomic E-state index is -3.74. The van der Waals surface area contributed by atoms with Crippen LogP contribution in [-0.2, 0) is 21.4 Å². The van der Waals surface area contributed by atoms with Gasteiger partial charge in [-0.25, -0.2) is 13.4 Å². The fourth-order valence-electron chi connectivity index (χ4n) is 4.44. The zero-order chi connectivity index (χ0) is 25.3. The Morgan fingerprint density at radius 3 is 2.69 bits per heavy atom. The topological polar surface area (TPSA) is 108 Å². The van der Waals surface area contributed by atoms with Crippen LogP contribution < -0.4 is 9.62 Å². The first-order chi connectivity index (χ1) is 17.4. The molecule has 0 bridgehead atoms. The fraction of sp³-hybridized carbons (Fsp3) is 0.250. The van der Waals surface area contributed by atoms with Crippen LogP contribution in [0.15, 0.2) is 71.2 Å². The molecule has 0 spiro atoms. The van der Waals surface area contributed by atoms with Gasteiger partial charge in [0.2, 0.25) is 5.91 Å². The van der Waals surface area contributed by atoms with E-state index >= 15 is 0 Å². The minimum absolute atomic E-state index is 0.0965. The predicted molar refractivity (Wildman–Crippen MR) is 141 cm³/mol. The van der Waals surface area contributed by atoms with E-state index in [1.165, 1.54) is 29.7 Å². The number of thiazole rings is 1. The zero-order valence-corrected chi connectivity index (χ0v) is 21.5. The number of anilines is 2. The molecule has 2 aromatic carbocycles. The summed E-state index contributed by atoms with van der Waals surface area (Å²) in [6.07, 6.45) is 3.38. The number of fused-ring (bicyclic) bond motifs is 1. The van der Waals surface area contributed by atoms with Crippen molar-refractivity contribution in [1.29, 1.82) is 0 Å². The van der Waals surface area contributed by atoms with E-state index in [2.05, 4.69) is 9.71 Å². The number of aliphatic hydroxyl groups is 1. The summed E-state index contributed by atoms with van der Waals surface area (Å²) >= 11 is 7.56. The molecule has 0 radical (unpaired) electrons. The summed E-state index contributed by atoms with van der Waals surface area (Å²) in [5.41, 5.74) is 1.63. The van der Waals surface area contributed by atoms with E-state index in [4.69, 9.17) is 11.6 Å². The van der Waals surface area contributed by atoms with E-state index < -0.39 is 16.1 Å². The molecule has 1 atom stereocenters. The second-order valence-electron chi connectivity index (χ2n) is 8.43. The minimum Gasteiger partial charge on any atom is -0.394 e. The van der Waals surface area contributed by atoms with E-state index in [0.717, 1.165) is 16.6 Å². The highest BCUT2D eigenvalue weighted by molar-refractivity contribution is 7.93. The van der Waals surface area contributed by atoms with Crippen molar-refractivity contribution in [1.82, 2.24) is 14.5 Å². The number of sulfonamides is 1. The standard InChI is InChI=1S/C24H24ClN5O4S2/c25-21-3-1-2-17-8-10-29(23(17)21)15-22(32)30-12-11-28(14-19(30)16-31)18-4-6-20(7-5-18)36(33,34)27-24-26-9-13-35-24/h1-10,13,19,31H,11-12,14-16H2,(H,26,27)/t19-/m0/s1. The summed E-state index contributed by atoms with van der Waals surface area (Å²) in [6, 6.07) is 13.7. The van der Waals surface area contributed by atoms with Crippen molar-refractivity contribution in [2.75, 3.05) is 35.9 Å². The van der Waals surface area contributed by atoms with Crippen LogP contribution in [-0.4, -0.2) is 66.2 Å². The van der Waals surface area contributed by atoms with Crippen LogP contribution in [0.1, 0.15) is 0 Å². The summed E-state index contributed by atoms with van der Waals surface area (Å²) < 4.78 is 29.5. The number of aromatic nitrogens is 2. The van der Waals surface area contributed by atoms with Crippen LogP contribution in [0.25, 0.3) is 10.9 Å². The summed E-state index contributed by atoms with van der Waals surface area (Å²) in [5, 5.41) is 13.6. The van der Waals surface area contributed by atoms with Gasteiger partial charge in [0.1, 0.15) is 6.54 Å². The van der Waals surface area contributed by atoms with Gasteiger partial charge in [-0.15, -0.1) is 11.3 Å². The van der Waals surface area contributed by atoms with Gasteiger partial charge in [-0.05, 0) is 36.4 Å². The van der Waals surface area contributed by atoms with Crippen LogP contribution in [0, 0.1) is 0 Å². The maximum Gasteiger partial charge on any atom is 0.263 e. The second-order valence-corrected chi connectivity index (χ2v) is 11.4. The Bertz CT molecular complexity index is 1470. The molecule has 0 saturated carbocycles. The Balaban J connectivity index is 1.26. The molecule has 9 nitrogen and oxygen atoms in total. The van der Waals surface area contributed by atoms with Gasteiger partial charge in [0.05, 0.1) is 28.1 Å². The maximum atomic E-state index is 13.2. The van der Waals surface area contributed by atoms with Gasteiger partial charge in [0.25, 0.3) is 10.0 Å². The lowest BCUT2D eigenvalue weighted by Gasteiger charge is -2.42. The summed E-state index contributed by atoms with van der Waals surface area (Å²) in [6.45, 7) is 1.36. The van der Waals surface area contributed by atoms with E-state index in [0.29, 0.717) is 29.8 Å². The van der Waals surface area contributed by atoms with Gasteiger partial charge in [-0.1, -0.05) is 23.7 Å². The Labute approximate surface area is 217 Å². The third kappa shape index (κ3) is 4.92. The number of benzene rings is 2. The van der Waals surface area contributed by atoms with E-state index in [-0.39, 0.29) is 24.0 Å². The number of aliphatic hydroxyl groups excluding tert-OH is 1. The first kappa shape index (κ1) is 24.6. The maximum absolute atomic E-state index is 13.2. The Hall–Kier alpha value is -3.12. The molecule has 4 aromatic rings. The SMILES string of the molecule is O=C(Cn1ccc2cccc(Cl)c21)N1CCN(c2ccc(S(=O)(=O)Nc3nccs3)cc2)C[C@H]1CO. The van der Waals surface area contributed by atoms with Crippen molar-refractivity contribution >= 4 is 60.6 Å². The van der Waals surface area contributed by atoms with Crippen LogP contribution >= 0.6 is 22.9 Å². The van der Waals surface area contributed by atoms with Crippen LogP contribution in [0.3, 0.4) is 0 Å². The van der Waals surface area contributed by atoms with Gasteiger partial charge in [-0.3, -0.25) is 9.52 Å². The third-order valence-electron chi connectivity index (χ3n) is 6.22. The predicted octanol–water partition coefficient (Wildman–Crippen LogP) is 3.26. The highest BCUT2D eigenvalue weighted by Crippen LogP contribution is 2.26.